The monoisotopic (exact) mass is 164 g/mol. The topological polar surface area (TPSA) is 0 Å². The molecule has 0 aliphatic heterocycles. The zero-order valence-corrected chi connectivity index (χ0v) is 7.31. The first-order valence-corrected chi connectivity index (χ1v) is 4.51. The molecule has 0 saturated heterocycles. The van der Waals surface area contributed by atoms with Crippen molar-refractivity contribution >= 4 is 0 Å². The third-order valence-electron chi connectivity index (χ3n) is 2.59. The summed E-state index contributed by atoms with van der Waals surface area (Å²) < 4.78 is 13.1. The van der Waals surface area contributed by atoms with E-state index < -0.39 is 0 Å². The van der Waals surface area contributed by atoms with Gasteiger partial charge in [0.2, 0.25) is 0 Å². The van der Waals surface area contributed by atoms with Crippen LogP contribution in [0.5, 0.6) is 0 Å². The van der Waals surface area contributed by atoms with Gasteiger partial charge in [0.05, 0.1) is 0 Å². The highest BCUT2D eigenvalue weighted by Crippen LogP contribution is 2.33. The highest BCUT2D eigenvalue weighted by molar-refractivity contribution is 5.28. The summed E-state index contributed by atoms with van der Waals surface area (Å²) in [7, 11) is 0. The average molecular weight is 164 g/mol. The van der Waals surface area contributed by atoms with Crippen LogP contribution in [0.3, 0.4) is 0 Å². The van der Waals surface area contributed by atoms with E-state index in [9.17, 15) is 4.39 Å². The Morgan fingerprint density at radius 2 is 2.17 bits per heavy atom. The van der Waals surface area contributed by atoms with E-state index in [1.54, 1.807) is 6.07 Å². The summed E-state index contributed by atoms with van der Waals surface area (Å²) >= 11 is 0. The third kappa shape index (κ3) is 1.50. The van der Waals surface area contributed by atoms with Crippen LogP contribution in [0.25, 0.3) is 0 Å². The van der Waals surface area contributed by atoms with Crippen molar-refractivity contribution < 1.29 is 4.39 Å². The van der Waals surface area contributed by atoms with Gasteiger partial charge in [-0.2, -0.15) is 0 Å². The maximum atomic E-state index is 13.1. The number of halogens is 1. The van der Waals surface area contributed by atoms with Gasteiger partial charge in [-0.3, -0.25) is 0 Å². The van der Waals surface area contributed by atoms with Crippen LogP contribution in [-0.2, 0) is 6.42 Å². The third-order valence-corrected chi connectivity index (χ3v) is 2.59. The largest absolute Gasteiger partial charge is 0.207 e. The minimum Gasteiger partial charge on any atom is -0.207 e. The van der Waals surface area contributed by atoms with E-state index in [1.807, 2.05) is 13.0 Å². The van der Waals surface area contributed by atoms with E-state index in [0.717, 1.165) is 17.9 Å². The molecular weight excluding hydrogens is 151 g/mol. The lowest BCUT2D eigenvalue weighted by atomic mass is 10.0. The fourth-order valence-corrected chi connectivity index (χ4v) is 1.51. The summed E-state index contributed by atoms with van der Waals surface area (Å²) in [5.41, 5.74) is 2.03. The lowest BCUT2D eigenvalue weighted by Gasteiger charge is -2.04. The molecule has 2 rings (SSSR count). The predicted molar refractivity (Wildman–Crippen MR) is 47.6 cm³/mol. The van der Waals surface area contributed by atoms with E-state index in [2.05, 4.69) is 0 Å². The molecular formula is C11H13F. The van der Waals surface area contributed by atoms with E-state index in [-0.39, 0.29) is 5.82 Å². The standard InChI is InChI=1S/C11H13F/c1-8-10(7-9-5-6-9)3-2-4-11(8)12/h2-4,9H,5-7H2,1H3. The van der Waals surface area contributed by atoms with Crippen LogP contribution in [0.2, 0.25) is 0 Å². The quantitative estimate of drug-likeness (QED) is 0.630. The van der Waals surface area contributed by atoms with Crippen LogP contribution in [0.4, 0.5) is 4.39 Å². The summed E-state index contributed by atoms with van der Waals surface area (Å²) in [5.74, 6) is 0.777. The van der Waals surface area contributed by atoms with Crippen molar-refractivity contribution in [3.63, 3.8) is 0 Å². The van der Waals surface area contributed by atoms with Crippen LogP contribution in [0, 0.1) is 18.7 Å². The Morgan fingerprint density at radius 3 is 2.83 bits per heavy atom. The van der Waals surface area contributed by atoms with Crippen molar-refractivity contribution in [2.75, 3.05) is 0 Å². The molecule has 1 aromatic rings. The molecule has 12 heavy (non-hydrogen) atoms. The van der Waals surface area contributed by atoms with Crippen LogP contribution >= 0.6 is 0 Å². The van der Waals surface area contributed by atoms with Gasteiger partial charge in [-0.25, -0.2) is 4.39 Å². The molecule has 1 heteroatoms. The first-order valence-electron chi connectivity index (χ1n) is 4.51. The molecule has 0 radical (unpaired) electrons. The molecule has 1 fully saturated rings. The lowest BCUT2D eigenvalue weighted by Crippen LogP contribution is -1.93. The van der Waals surface area contributed by atoms with Gasteiger partial charge in [0.1, 0.15) is 5.82 Å². The molecule has 0 unspecified atom stereocenters. The minimum atomic E-state index is -0.0619. The number of hydrogen-bond acceptors (Lipinski definition) is 0. The summed E-state index contributed by atoms with van der Waals surface area (Å²) in [4.78, 5) is 0. The lowest BCUT2D eigenvalue weighted by molar-refractivity contribution is 0.613. The summed E-state index contributed by atoms with van der Waals surface area (Å²) in [6, 6.07) is 5.38. The van der Waals surface area contributed by atoms with Gasteiger partial charge in [0.15, 0.2) is 0 Å². The average Bonchev–Trinajstić information content (AvgIpc) is 2.83. The van der Waals surface area contributed by atoms with Crippen molar-refractivity contribution in [2.24, 2.45) is 5.92 Å². The molecule has 0 N–H and O–H groups in total. The summed E-state index contributed by atoms with van der Waals surface area (Å²) in [6.45, 7) is 1.87. The van der Waals surface area contributed by atoms with Crippen LogP contribution in [-0.4, -0.2) is 0 Å². The van der Waals surface area contributed by atoms with Crippen molar-refractivity contribution in [3.05, 3.63) is 35.1 Å². The van der Waals surface area contributed by atoms with Gasteiger partial charge in [0.25, 0.3) is 0 Å². The van der Waals surface area contributed by atoms with Crippen molar-refractivity contribution in [1.29, 1.82) is 0 Å². The van der Waals surface area contributed by atoms with Gasteiger partial charge < -0.3 is 0 Å². The minimum absolute atomic E-state index is 0.0619. The first kappa shape index (κ1) is 7.78. The SMILES string of the molecule is Cc1c(F)cccc1CC1CC1. The normalized spacial score (nSPS) is 16.5. The summed E-state index contributed by atoms with van der Waals surface area (Å²) in [6.07, 6.45) is 3.73. The smallest absolute Gasteiger partial charge is 0.126 e. The Morgan fingerprint density at radius 1 is 1.42 bits per heavy atom. The molecule has 0 heterocycles. The molecule has 0 atom stereocenters. The van der Waals surface area contributed by atoms with Gasteiger partial charge in [-0.1, -0.05) is 12.1 Å². The molecule has 1 aliphatic carbocycles. The molecule has 64 valence electrons. The van der Waals surface area contributed by atoms with E-state index in [4.69, 9.17) is 0 Å². The molecule has 1 aromatic carbocycles. The fraction of sp³-hybridized carbons (Fsp3) is 0.455. The second-order valence-electron chi connectivity index (χ2n) is 3.67. The first-order chi connectivity index (χ1) is 5.77. The molecule has 0 bridgehead atoms. The van der Waals surface area contributed by atoms with Gasteiger partial charge in [-0.05, 0) is 49.3 Å². The van der Waals surface area contributed by atoms with Crippen LogP contribution < -0.4 is 0 Å². The van der Waals surface area contributed by atoms with Gasteiger partial charge >= 0.3 is 0 Å². The summed E-state index contributed by atoms with van der Waals surface area (Å²) in [5, 5.41) is 0. The van der Waals surface area contributed by atoms with E-state index >= 15 is 0 Å². The molecule has 0 nitrogen and oxygen atoms in total. The Labute approximate surface area is 72.4 Å². The van der Waals surface area contributed by atoms with Crippen LogP contribution in [0.15, 0.2) is 18.2 Å². The van der Waals surface area contributed by atoms with Crippen molar-refractivity contribution in [2.45, 2.75) is 26.2 Å². The molecule has 0 spiro atoms. The van der Waals surface area contributed by atoms with E-state index in [1.165, 1.54) is 24.5 Å². The maximum Gasteiger partial charge on any atom is 0.126 e. The Hall–Kier alpha value is -0.850. The number of benzene rings is 1. The van der Waals surface area contributed by atoms with Crippen molar-refractivity contribution in [1.82, 2.24) is 0 Å². The van der Waals surface area contributed by atoms with Crippen LogP contribution in [0.1, 0.15) is 24.0 Å². The highest BCUT2D eigenvalue weighted by Gasteiger charge is 2.22. The predicted octanol–water partition coefficient (Wildman–Crippen LogP) is 3.09. The van der Waals surface area contributed by atoms with Gasteiger partial charge in [-0.15, -0.1) is 0 Å². The van der Waals surface area contributed by atoms with E-state index in [0.29, 0.717) is 0 Å². The zero-order valence-electron chi connectivity index (χ0n) is 7.31. The highest BCUT2D eigenvalue weighted by atomic mass is 19.1. The molecule has 0 aromatic heterocycles. The van der Waals surface area contributed by atoms with Gasteiger partial charge in [0, 0.05) is 0 Å². The number of hydrogen-bond donors (Lipinski definition) is 0. The Kier molecular flexibility index (Phi) is 1.87. The number of rotatable bonds is 2. The Bertz CT molecular complexity index is 287. The molecule has 1 saturated carbocycles. The molecule has 0 amide bonds. The fourth-order valence-electron chi connectivity index (χ4n) is 1.51. The second-order valence-corrected chi connectivity index (χ2v) is 3.67. The second kappa shape index (κ2) is 2.89. The van der Waals surface area contributed by atoms with Crippen molar-refractivity contribution in [3.8, 4) is 0 Å². The maximum absolute atomic E-state index is 13.1. The molecule has 1 aliphatic rings. The zero-order chi connectivity index (χ0) is 8.55. The Balaban J connectivity index is 2.23.